The van der Waals surface area contributed by atoms with Crippen LogP contribution in [-0.2, 0) is 6.61 Å². The predicted molar refractivity (Wildman–Crippen MR) is 70.9 cm³/mol. The Morgan fingerprint density at radius 1 is 1.21 bits per heavy atom. The second-order valence-electron chi connectivity index (χ2n) is 3.89. The highest BCUT2D eigenvalue weighted by molar-refractivity contribution is 6.30. The first-order valence-corrected chi connectivity index (χ1v) is 5.87. The van der Waals surface area contributed by atoms with Crippen molar-refractivity contribution < 1.29 is 19.7 Å². The summed E-state index contributed by atoms with van der Waals surface area (Å²) in [4.78, 5) is 10.7. The molecule has 0 aliphatic rings. The molecule has 0 aliphatic heterocycles. The molecule has 0 bridgehead atoms. The van der Waals surface area contributed by atoms with Crippen molar-refractivity contribution in [3.63, 3.8) is 0 Å². The van der Waals surface area contributed by atoms with Crippen molar-refractivity contribution >= 4 is 17.6 Å². The summed E-state index contributed by atoms with van der Waals surface area (Å²) in [5.74, 6) is -0.617. The van der Waals surface area contributed by atoms with E-state index in [1.54, 1.807) is 24.3 Å². The molecular formula is C14H11ClO4. The van der Waals surface area contributed by atoms with Gasteiger partial charge in [0.1, 0.15) is 18.1 Å². The molecule has 0 saturated heterocycles. The van der Waals surface area contributed by atoms with Gasteiger partial charge in [-0.05, 0) is 30.3 Å². The van der Waals surface area contributed by atoms with Gasteiger partial charge in [0.05, 0.1) is 5.56 Å². The normalized spacial score (nSPS) is 10.2. The molecule has 0 radical (unpaired) electrons. The SMILES string of the molecule is O=C(O)c1ccc(COc2cccc(Cl)c2)c(O)c1. The Hall–Kier alpha value is -2.20. The van der Waals surface area contributed by atoms with E-state index in [1.165, 1.54) is 18.2 Å². The van der Waals surface area contributed by atoms with Crippen LogP contribution >= 0.6 is 11.6 Å². The number of carboxylic acids is 1. The topological polar surface area (TPSA) is 66.8 Å². The maximum absolute atomic E-state index is 10.7. The van der Waals surface area contributed by atoms with Crippen molar-refractivity contribution in [3.8, 4) is 11.5 Å². The minimum absolute atomic E-state index is 0.0315. The number of benzene rings is 2. The van der Waals surface area contributed by atoms with E-state index in [9.17, 15) is 9.90 Å². The third-order valence-corrected chi connectivity index (χ3v) is 2.76. The summed E-state index contributed by atoms with van der Waals surface area (Å²) in [5, 5.41) is 19.0. The van der Waals surface area contributed by atoms with Crippen molar-refractivity contribution in [1.82, 2.24) is 0 Å². The molecule has 4 nitrogen and oxygen atoms in total. The van der Waals surface area contributed by atoms with Crippen LogP contribution < -0.4 is 4.74 Å². The van der Waals surface area contributed by atoms with Crippen LogP contribution in [0, 0.1) is 0 Å². The Balaban J connectivity index is 2.10. The van der Waals surface area contributed by atoms with Crippen LogP contribution in [-0.4, -0.2) is 16.2 Å². The Bertz CT molecular complexity index is 610. The van der Waals surface area contributed by atoms with Crippen LogP contribution in [0.1, 0.15) is 15.9 Å². The van der Waals surface area contributed by atoms with Gasteiger partial charge in [0.25, 0.3) is 0 Å². The lowest BCUT2D eigenvalue weighted by atomic mass is 10.1. The number of phenolic OH excluding ortho intramolecular Hbond substituents is 1. The molecule has 0 heterocycles. The molecule has 2 aromatic rings. The molecule has 0 spiro atoms. The van der Waals surface area contributed by atoms with Gasteiger partial charge in [-0.25, -0.2) is 4.79 Å². The second-order valence-corrected chi connectivity index (χ2v) is 4.33. The molecule has 2 rings (SSSR count). The van der Waals surface area contributed by atoms with Gasteiger partial charge < -0.3 is 14.9 Å². The van der Waals surface area contributed by atoms with E-state index >= 15 is 0 Å². The molecule has 2 aromatic carbocycles. The van der Waals surface area contributed by atoms with E-state index in [0.717, 1.165) is 0 Å². The molecule has 0 aromatic heterocycles. The largest absolute Gasteiger partial charge is 0.508 e. The molecule has 0 saturated carbocycles. The van der Waals surface area contributed by atoms with E-state index in [1.807, 2.05) is 0 Å². The molecular weight excluding hydrogens is 268 g/mol. The van der Waals surface area contributed by atoms with Crippen molar-refractivity contribution in [2.24, 2.45) is 0 Å². The van der Waals surface area contributed by atoms with Crippen molar-refractivity contribution in [2.45, 2.75) is 6.61 Å². The molecule has 2 N–H and O–H groups in total. The Kier molecular flexibility index (Phi) is 3.92. The van der Waals surface area contributed by atoms with Gasteiger partial charge in [-0.2, -0.15) is 0 Å². The highest BCUT2D eigenvalue weighted by Crippen LogP contribution is 2.22. The van der Waals surface area contributed by atoms with Crippen LogP contribution in [0.4, 0.5) is 0 Å². The van der Waals surface area contributed by atoms with Gasteiger partial charge in [-0.15, -0.1) is 0 Å². The number of hydrogen-bond donors (Lipinski definition) is 2. The maximum Gasteiger partial charge on any atom is 0.335 e. The van der Waals surface area contributed by atoms with Crippen LogP contribution in [0.3, 0.4) is 0 Å². The molecule has 98 valence electrons. The van der Waals surface area contributed by atoms with Crippen molar-refractivity contribution in [2.75, 3.05) is 0 Å². The minimum atomic E-state index is -1.09. The summed E-state index contributed by atoms with van der Waals surface area (Å²) < 4.78 is 5.46. The number of aromatic hydroxyl groups is 1. The number of aromatic carboxylic acids is 1. The van der Waals surface area contributed by atoms with E-state index in [2.05, 4.69) is 0 Å². The zero-order chi connectivity index (χ0) is 13.8. The highest BCUT2D eigenvalue weighted by atomic mass is 35.5. The van der Waals surface area contributed by atoms with Crippen LogP contribution in [0.25, 0.3) is 0 Å². The van der Waals surface area contributed by atoms with Crippen LogP contribution in [0.15, 0.2) is 42.5 Å². The van der Waals surface area contributed by atoms with Gasteiger partial charge in [-0.1, -0.05) is 23.7 Å². The molecule has 0 amide bonds. The van der Waals surface area contributed by atoms with Gasteiger partial charge in [0.2, 0.25) is 0 Å². The Labute approximate surface area is 114 Å². The summed E-state index contributed by atoms with van der Waals surface area (Å²) in [6.07, 6.45) is 0. The molecule has 0 fully saturated rings. The number of halogens is 1. The van der Waals surface area contributed by atoms with Gasteiger partial charge in [0.15, 0.2) is 0 Å². The fourth-order valence-electron chi connectivity index (χ4n) is 1.54. The van der Waals surface area contributed by atoms with Crippen molar-refractivity contribution in [1.29, 1.82) is 0 Å². The summed E-state index contributed by atoms with van der Waals surface area (Å²) in [6, 6.07) is 11.0. The van der Waals surface area contributed by atoms with Crippen molar-refractivity contribution in [3.05, 3.63) is 58.6 Å². The fraction of sp³-hybridized carbons (Fsp3) is 0.0714. The molecule has 5 heteroatoms. The van der Waals surface area contributed by atoms with E-state index in [0.29, 0.717) is 16.3 Å². The monoisotopic (exact) mass is 278 g/mol. The van der Waals surface area contributed by atoms with Crippen LogP contribution in [0.5, 0.6) is 11.5 Å². The lowest BCUT2D eigenvalue weighted by Crippen LogP contribution is -1.99. The Morgan fingerprint density at radius 3 is 2.63 bits per heavy atom. The number of carbonyl (C=O) groups is 1. The van der Waals surface area contributed by atoms with E-state index in [-0.39, 0.29) is 17.9 Å². The third kappa shape index (κ3) is 3.39. The Morgan fingerprint density at radius 2 is 2.00 bits per heavy atom. The van der Waals surface area contributed by atoms with Gasteiger partial charge in [0, 0.05) is 10.6 Å². The van der Waals surface area contributed by atoms with E-state index < -0.39 is 5.97 Å². The van der Waals surface area contributed by atoms with Gasteiger partial charge >= 0.3 is 5.97 Å². The fourth-order valence-corrected chi connectivity index (χ4v) is 1.72. The minimum Gasteiger partial charge on any atom is -0.508 e. The molecule has 0 unspecified atom stereocenters. The lowest BCUT2D eigenvalue weighted by Gasteiger charge is -2.08. The first-order valence-electron chi connectivity index (χ1n) is 5.50. The molecule has 0 aliphatic carbocycles. The maximum atomic E-state index is 10.7. The number of carboxylic acid groups (broad SMARTS) is 1. The predicted octanol–water partition coefficient (Wildman–Crippen LogP) is 3.32. The molecule has 0 atom stereocenters. The van der Waals surface area contributed by atoms with E-state index in [4.69, 9.17) is 21.4 Å². The summed E-state index contributed by atoms with van der Waals surface area (Å²) in [5.41, 5.74) is 0.536. The third-order valence-electron chi connectivity index (χ3n) is 2.52. The second kappa shape index (κ2) is 5.63. The molecule has 19 heavy (non-hydrogen) atoms. The number of ether oxygens (including phenoxy) is 1. The smallest absolute Gasteiger partial charge is 0.335 e. The number of hydrogen-bond acceptors (Lipinski definition) is 3. The summed E-state index contributed by atoms with van der Waals surface area (Å²) in [7, 11) is 0. The first-order chi connectivity index (χ1) is 9.06. The lowest BCUT2D eigenvalue weighted by molar-refractivity contribution is 0.0696. The average Bonchev–Trinajstić information content (AvgIpc) is 2.37. The van der Waals surface area contributed by atoms with Gasteiger partial charge in [-0.3, -0.25) is 0 Å². The summed E-state index contributed by atoms with van der Waals surface area (Å²) >= 11 is 5.82. The number of phenols is 1. The standard InChI is InChI=1S/C14H11ClO4/c15-11-2-1-3-12(7-11)19-8-10-5-4-9(14(17)18)6-13(10)16/h1-7,16H,8H2,(H,17,18). The quantitative estimate of drug-likeness (QED) is 0.900. The zero-order valence-electron chi connectivity index (χ0n) is 9.84. The average molecular weight is 279 g/mol. The first kappa shape index (κ1) is 13.2. The highest BCUT2D eigenvalue weighted by Gasteiger charge is 2.08. The summed E-state index contributed by atoms with van der Waals surface area (Å²) in [6.45, 7) is 0.131. The van der Waals surface area contributed by atoms with Crippen LogP contribution in [0.2, 0.25) is 5.02 Å². The zero-order valence-corrected chi connectivity index (χ0v) is 10.6. The number of rotatable bonds is 4.